The molecule has 0 bridgehead atoms. The largest absolute Gasteiger partial charge is 0.473 e. The number of carbonyl (C=O) groups is 1. The summed E-state index contributed by atoms with van der Waals surface area (Å²) in [6, 6.07) is 13.7. The Hall–Kier alpha value is -3.60. The Morgan fingerprint density at radius 2 is 1.93 bits per heavy atom. The van der Waals surface area contributed by atoms with E-state index in [9.17, 15) is 9.18 Å². The van der Waals surface area contributed by atoms with Crippen LogP contribution in [0.15, 0.2) is 48.5 Å². The second-order valence-electron chi connectivity index (χ2n) is 10.8. The Bertz CT molecular complexity index is 1590. The number of hydrogen-bond acceptors (Lipinski definition) is 8. The van der Waals surface area contributed by atoms with E-state index in [1.807, 2.05) is 18.2 Å². The fourth-order valence-corrected chi connectivity index (χ4v) is 5.85. The SMILES string of the molecule is COC(=O)c1ccc2nc([C@H](C)N3CCC(c4cccc(OCc5cc(Cl)ccc5F)n4)CC3)n(C[C@@H]3CCO3)c2n1. The van der Waals surface area contributed by atoms with Crippen molar-refractivity contribution in [2.75, 3.05) is 26.8 Å². The van der Waals surface area contributed by atoms with Crippen molar-refractivity contribution in [1.82, 2.24) is 24.4 Å². The van der Waals surface area contributed by atoms with E-state index < -0.39 is 5.97 Å². The van der Waals surface area contributed by atoms with Crippen LogP contribution in [0.3, 0.4) is 0 Å². The average Bonchev–Trinajstić information content (AvgIpc) is 3.36. The van der Waals surface area contributed by atoms with Gasteiger partial charge in [0.25, 0.3) is 0 Å². The first kappa shape index (κ1) is 28.5. The summed E-state index contributed by atoms with van der Waals surface area (Å²) < 4.78 is 32.6. The number of nitrogens with zero attached hydrogens (tertiary/aromatic N) is 5. The fraction of sp³-hybridized carbons (Fsp3) is 0.419. The van der Waals surface area contributed by atoms with Crippen molar-refractivity contribution in [3.05, 3.63) is 82.1 Å². The van der Waals surface area contributed by atoms with Gasteiger partial charge in [-0.05, 0) is 75.7 Å². The molecule has 0 N–H and O–H groups in total. The van der Waals surface area contributed by atoms with Crippen molar-refractivity contribution >= 4 is 28.7 Å². The van der Waals surface area contributed by atoms with E-state index in [1.165, 1.54) is 19.2 Å². The molecule has 0 radical (unpaired) electrons. The minimum absolute atomic E-state index is 0.0389. The molecule has 3 aromatic heterocycles. The van der Waals surface area contributed by atoms with E-state index in [4.69, 9.17) is 35.8 Å². The molecule has 2 saturated heterocycles. The van der Waals surface area contributed by atoms with Crippen LogP contribution in [-0.2, 0) is 22.6 Å². The normalized spacial score (nSPS) is 18.5. The lowest BCUT2D eigenvalue weighted by Crippen LogP contribution is -2.37. The lowest BCUT2D eigenvalue weighted by atomic mass is 9.92. The van der Waals surface area contributed by atoms with Gasteiger partial charge < -0.3 is 18.8 Å². The zero-order valence-electron chi connectivity index (χ0n) is 23.6. The van der Waals surface area contributed by atoms with Gasteiger partial charge in [0.15, 0.2) is 11.3 Å². The van der Waals surface area contributed by atoms with Crippen molar-refractivity contribution in [1.29, 1.82) is 0 Å². The molecule has 2 atom stereocenters. The van der Waals surface area contributed by atoms with Crippen LogP contribution in [0.5, 0.6) is 5.88 Å². The van der Waals surface area contributed by atoms with Gasteiger partial charge in [0.05, 0.1) is 25.8 Å². The number of benzene rings is 1. The number of carbonyl (C=O) groups excluding carboxylic acids is 1. The third kappa shape index (κ3) is 5.97. The summed E-state index contributed by atoms with van der Waals surface area (Å²) in [6.45, 7) is 5.37. The highest BCUT2D eigenvalue weighted by Gasteiger charge is 2.30. The van der Waals surface area contributed by atoms with Gasteiger partial charge in [0.2, 0.25) is 5.88 Å². The third-order valence-electron chi connectivity index (χ3n) is 8.19. The van der Waals surface area contributed by atoms with Crippen LogP contribution in [0.25, 0.3) is 11.2 Å². The number of piperidine rings is 1. The lowest BCUT2D eigenvalue weighted by Gasteiger charge is -2.36. The van der Waals surface area contributed by atoms with Crippen molar-refractivity contribution in [3.8, 4) is 5.88 Å². The van der Waals surface area contributed by atoms with Crippen LogP contribution in [0.2, 0.25) is 5.02 Å². The van der Waals surface area contributed by atoms with Gasteiger partial charge in [-0.1, -0.05) is 17.7 Å². The van der Waals surface area contributed by atoms with Gasteiger partial charge in [0, 0.05) is 34.9 Å². The van der Waals surface area contributed by atoms with Crippen LogP contribution < -0.4 is 4.74 Å². The maximum absolute atomic E-state index is 14.1. The Kier molecular flexibility index (Phi) is 8.37. The molecule has 0 spiro atoms. The van der Waals surface area contributed by atoms with E-state index in [1.54, 1.807) is 18.2 Å². The van der Waals surface area contributed by atoms with Gasteiger partial charge >= 0.3 is 5.97 Å². The average molecular weight is 594 g/mol. The molecular weight excluding hydrogens is 561 g/mol. The molecule has 42 heavy (non-hydrogen) atoms. The van der Waals surface area contributed by atoms with Crippen molar-refractivity contribution in [2.45, 2.75) is 57.4 Å². The molecular formula is C31H33ClFN5O4. The van der Waals surface area contributed by atoms with Gasteiger partial charge in [-0.25, -0.2) is 24.1 Å². The van der Waals surface area contributed by atoms with Crippen LogP contribution in [-0.4, -0.2) is 63.3 Å². The number of imidazole rings is 1. The highest BCUT2D eigenvalue weighted by atomic mass is 35.5. The highest BCUT2D eigenvalue weighted by Crippen LogP contribution is 2.33. The molecule has 4 aromatic rings. The summed E-state index contributed by atoms with van der Waals surface area (Å²) in [4.78, 5) is 28.9. The fourth-order valence-electron chi connectivity index (χ4n) is 5.66. The predicted octanol–water partition coefficient (Wildman–Crippen LogP) is 5.71. The molecule has 2 aliphatic rings. The topological polar surface area (TPSA) is 91.6 Å². The number of likely N-dealkylation sites (tertiary alicyclic amines) is 1. The first-order valence-electron chi connectivity index (χ1n) is 14.2. The molecule has 0 saturated carbocycles. The maximum atomic E-state index is 14.1. The van der Waals surface area contributed by atoms with E-state index in [2.05, 4.69) is 21.4 Å². The Morgan fingerprint density at radius 3 is 2.67 bits per heavy atom. The standard InChI is InChI=1S/C31H33ClFN5O4/c1-19(29-35-26-8-9-27(31(39)40-2)36-30(26)38(29)17-23-12-15-41-23)37-13-10-20(11-14-37)25-4-3-5-28(34-25)42-18-21-16-22(32)6-7-24(21)33/h3-9,16,19-20,23H,10-15,17-18H2,1-2H3/t19-,23-/m0/s1. The number of pyridine rings is 2. The number of hydrogen-bond donors (Lipinski definition) is 0. The van der Waals surface area contributed by atoms with Crippen molar-refractivity contribution < 1.29 is 23.4 Å². The highest BCUT2D eigenvalue weighted by molar-refractivity contribution is 6.30. The van der Waals surface area contributed by atoms with Crippen LogP contribution in [0, 0.1) is 5.82 Å². The number of esters is 1. The molecule has 5 heterocycles. The van der Waals surface area contributed by atoms with Gasteiger partial charge in [0.1, 0.15) is 23.8 Å². The number of rotatable bonds is 9. The number of aromatic nitrogens is 4. The summed E-state index contributed by atoms with van der Waals surface area (Å²) in [7, 11) is 1.35. The zero-order valence-corrected chi connectivity index (χ0v) is 24.4. The number of halogens is 2. The molecule has 6 rings (SSSR count). The predicted molar refractivity (Wildman–Crippen MR) is 155 cm³/mol. The quantitative estimate of drug-likeness (QED) is 0.228. The van der Waals surface area contributed by atoms with Gasteiger partial charge in [-0.3, -0.25) is 4.90 Å². The summed E-state index contributed by atoms with van der Waals surface area (Å²) >= 11 is 6.01. The summed E-state index contributed by atoms with van der Waals surface area (Å²) in [6.07, 6.45) is 2.96. The zero-order chi connectivity index (χ0) is 29.2. The minimum atomic E-state index is -0.471. The first-order chi connectivity index (χ1) is 20.4. The smallest absolute Gasteiger partial charge is 0.356 e. The second kappa shape index (κ2) is 12.3. The van der Waals surface area contributed by atoms with Gasteiger partial charge in [-0.2, -0.15) is 0 Å². The molecule has 2 aliphatic heterocycles. The molecule has 9 nitrogen and oxygen atoms in total. The minimum Gasteiger partial charge on any atom is -0.473 e. The second-order valence-corrected chi connectivity index (χ2v) is 11.2. The number of methoxy groups -OCH3 is 1. The Labute approximate surface area is 248 Å². The molecule has 220 valence electrons. The molecule has 2 fully saturated rings. The maximum Gasteiger partial charge on any atom is 0.356 e. The van der Waals surface area contributed by atoms with Crippen molar-refractivity contribution in [2.24, 2.45) is 0 Å². The van der Waals surface area contributed by atoms with E-state index in [-0.39, 0.29) is 36.2 Å². The van der Waals surface area contributed by atoms with E-state index in [0.29, 0.717) is 28.7 Å². The monoisotopic (exact) mass is 593 g/mol. The third-order valence-corrected chi connectivity index (χ3v) is 8.43. The molecule has 11 heteroatoms. The van der Waals surface area contributed by atoms with E-state index in [0.717, 1.165) is 56.0 Å². The Balaban J connectivity index is 1.14. The lowest BCUT2D eigenvalue weighted by molar-refractivity contribution is -0.0595. The number of ether oxygens (including phenoxy) is 3. The van der Waals surface area contributed by atoms with Crippen LogP contribution >= 0.6 is 11.6 Å². The number of fused-ring (bicyclic) bond motifs is 1. The Morgan fingerprint density at radius 1 is 1.12 bits per heavy atom. The molecule has 0 unspecified atom stereocenters. The summed E-state index contributed by atoms with van der Waals surface area (Å²) in [5.74, 6) is 0.835. The molecule has 1 aromatic carbocycles. The molecule has 0 amide bonds. The molecule has 0 aliphatic carbocycles. The van der Waals surface area contributed by atoms with Gasteiger partial charge in [-0.15, -0.1) is 0 Å². The summed E-state index contributed by atoms with van der Waals surface area (Å²) in [5.41, 5.74) is 3.04. The van der Waals surface area contributed by atoms with E-state index >= 15 is 0 Å². The summed E-state index contributed by atoms with van der Waals surface area (Å²) in [5, 5.41) is 0.465. The first-order valence-corrected chi connectivity index (χ1v) is 14.6. The van der Waals surface area contributed by atoms with Crippen LogP contribution in [0.1, 0.15) is 65.7 Å². The van der Waals surface area contributed by atoms with Crippen molar-refractivity contribution in [3.63, 3.8) is 0 Å². The van der Waals surface area contributed by atoms with Crippen LogP contribution in [0.4, 0.5) is 4.39 Å².